The third kappa shape index (κ3) is 6.57. The van der Waals surface area contributed by atoms with Gasteiger partial charge in [-0.15, -0.1) is 0 Å². The Bertz CT molecular complexity index is 909. The van der Waals surface area contributed by atoms with Gasteiger partial charge in [-0.1, -0.05) is 44.2 Å². The Kier molecular flexibility index (Phi) is 7.11. The van der Waals surface area contributed by atoms with Crippen LogP contribution in [0.3, 0.4) is 0 Å². The van der Waals surface area contributed by atoms with Crippen molar-refractivity contribution >= 4 is 17.3 Å². The standard InChI is InChI=1S/C24H26N2O3/c1-18(2)17-28-23-11-7-6-10-22(23)25-16-24(27)26-19-12-14-21(15-13-19)29-20-8-4-3-5-9-20/h3-15,18,25H,16-17H2,1-2H3,(H,26,27). The van der Waals surface area contributed by atoms with Crippen LogP contribution in [-0.4, -0.2) is 19.1 Å². The van der Waals surface area contributed by atoms with Crippen molar-refractivity contribution in [2.45, 2.75) is 13.8 Å². The number of rotatable bonds is 9. The van der Waals surface area contributed by atoms with E-state index in [1.807, 2.05) is 78.9 Å². The second-order valence-corrected chi connectivity index (χ2v) is 7.04. The van der Waals surface area contributed by atoms with Crippen molar-refractivity contribution in [3.8, 4) is 17.2 Å². The molecule has 0 aromatic heterocycles. The van der Waals surface area contributed by atoms with E-state index in [1.54, 1.807) is 0 Å². The molecule has 2 N–H and O–H groups in total. The van der Waals surface area contributed by atoms with E-state index < -0.39 is 0 Å². The number of hydrogen-bond donors (Lipinski definition) is 2. The minimum Gasteiger partial charge on any atom is -0.491 e. The molecule has 3 aromatic carbocycles. The summed E-state index contributed by atoms with van der Waals surface area (Å²) < 4.78 is 11.6. The fourth-order valence-electron chi connectivity index (χ4n) is 2.61. The zero-order chi connectivity index (χ0) is 20.5. The molecule has 3 aromatic rings. The second kappa shape index (κ2) is 10.2. The van der Waals surface area contributed by atoms with Crippen molar-refractivity contribution in [2.75, 3.05) is 23.8 Å². The first-order chi connectivity index (χ1) is 14.1. The summed E-state index contributed by atoms with van der Waals surface area (Å²) in [5, 5.41) is 6.01. The maximum atomic E-state index is 12.3. The number of amides is 1. The summed E-state index contributed by atoms with van der Waals surface area (Å²) in [5.41, 5.74) is 1.51. The van der Waals surface area contributed by atoms with Gasteiger partial charge in [0.05, 0.1) is 18.8 Å². The maximum Gasteiger partial charge on any atom is 0.243 e. The van der Waals surface area contributed by atoms with Gasteiger partial charge in [-0.05, 0) is 54.4 Å². The van der Waals surface area contributed by atoms with Gasteiger partial charge < -0.3 is 20.1 Å². The van der Waals surface area contributed by atoms with Gasteiger partial charge in [-0.3, -0.25) is 4.79 Å². The van der Waals surface area contributed by atoms with Crippen LogP contribution in [0.15, 0.2) is 78.9 Å². The Morgan fingerprint density at radius 3 is 2.24 bits per heavy atom. The van der Waals surface area contributed by atoms with Crippen molar-refractivity contribution in [1.29, 1.82) is 0 Å². The van der Waals surface area contributed by atoms with Crippen LogP contribution in [0.5, 0.6) is 17.2 Å². The van der Waals surface area contributed by atoms with Gasteiger partial charge in [0, 0.05) is 5.69 Å². The average molecular weight is 390 g/mol. The van der Waals surface area contributed by atoms with Crippen LogP contribution < -0.4 is 20.1 Å². The number of ether oxygens (including phenoxy) is 2. The molecule has 0 radical (unpaired) electrons. The predicted molar refractivity (Wildman–Crippen MR) is 117 cm³/mol. The van der Waals surface area contributed by atoms with Crippen molar-refractivity contribution in [3.05, 3.63) is 78.9 Å². The fourth-order valence-corrected chi connectivity index (χ4v) is 2.61. The molecule has 0 saturated heterocycles. The molecule has 29 heavy (non-hydrogen) atoms. The van der Waals surface area contributed by atoms with Gasteiger partial charge in [-0.25, -0.2) is 0 Å². The number of benzene rings is 3. The summed E-state index contributed by atoms with van der Waals surface area (Å²) in [5.74, 6) is 2.52. The Morgan fingerprint density at radius 2 is 1.52 bits per heavy atom. The molecular formula is C24H26N2O3. The van der Waals surface area contributed by atoms with Crippen molar-refractivity contribution in [3.63, 3.8) is 0 Å². The number of hydrogen-bond acceptors (Lipinski definition) is 4. The molecule has 3 rings (SSSR count). The largest absolute Gasteiger partial charge is 0.491 e. The van der Waals surface area contributed by atoms with Crippen molar-refractivity contribution < 1.29 is 14.3 Å². The molecule has 0 saturated carbocycles. The Hall–Kier alpha value is -3.47. The smallest absolute Gasteiger partial charge is 0.243 e. The molecule has 0 heterocycles. The summed E-state index contributed by atoms with van der Waals surface area (Å²) in [6, 6.07) is 24.5. The van der Waals surface area contributed by atoms with Crippen LogP contribution in [0.2, 0.25) is 0 Å². The number of carbonyl (C=O) groups is 1. The first-order valence-corrected chi connectivity index (χ1v) is 9.68. The molecular weight excluding hydrogens is 364 g/mol. The highest BCUT2D eigenvalue weighted by molar-refractivity contribution is 5.94. The normalized spacial score (nSPS) is 10.4. The van der Waals surface area contributed by atoms with Crippen LogP contribution in [0.25, 0.3) is 0 Å². The zero-order valence-corrected chi connectivity index (χ0v) is 16.7. The van der Waals surface area contributed by atoms with Gasteiger partial charge in [0.15, 0.2) is 0 Å². The van der Waals surface area contributed by atoms with E-state index >= 15 is 0 Å². The first kappa shape index (κ1) is 20.3. The number of carbonyl (C=O) groups excluding carboxylic acids is 1. The number of anilines is 2. The minimum absolute atomic E-state index is 0.139. The minimum atomic E-state index is -0.139. The summed E-state index contributed by atoms with van der Waals surface area (Å²) in [7, 11) is 0. The summed E-state index contributed by atoms with van der Waals surface area (Å²) >= 11 is 0. The number of para-hydroxylation sites is 3. The highest BCUT2D eigenvalue weighted by Crippen LogP contribution is 2.25. The van der Waals surface area contributed by atoms with E-state index in [1.165, 1.54) is 0 Å². The molecule has 0 bridgehead atoms. The topological polar surface area (TPSA) is 59.6 Å². The summed E-state index contributed by atoms with van der Waals surface area (Å²) in [6.45, 7) is 4.96. The molecule has 0 aliphatic heterocycles. The van der Waals surface area contributed by atoms with Crippen molar-refractivity contribution in [2.24, 2.45) is 5.92 Å². The lowest BCUT2D eigenvalue weighted by Gasteiger charge is -2.14. The van der Waals surface area contributed by atoms with Crippen LogP contribution in [0.4, 0.5) is 11.4 Å². The van der Waals surface area contributed by atoms with E-state index in [-0.39, 0.29) is 12.5 Å². The molecule has 5 nitrogen and oxygen atoms in total. The molecule has 0 aliphatic carbocycles. The Balaban J connectivity index is 1.51. The van der Waals surface area contributed by atoms with Gasteiger partial charge >= 0.3 is 0 Å². The lowest BCUT2D eigenvalue weighted by Crippen LogP contribution is -2.22. The van der Waals surface area contributed by atoms with Crippen LogP contribution in [0, 0.1) is 5.92 Å². The van der Waals surface area contributed by atoms with E-state index in [9.17, 15) is 4.79 Å². The Morgan fingerprint density at radius 1 is 0.862 bits per heavy atom. The third-order valence-corrected chi connectivity index (χ3v) is 4.02. The van der Waals surface area contributed by atoms with Gasteiger partial charge in [0.1, 0.15) is 17.2 Å². The highest BCUT2D eigenvalue weighted by Gasteiger charge is 2.07. The monoisotopic (exact) mass is 390 g/mol. The van der Waals surface area contributed by atoms with E-state index in [0.717, 1.165) is 17.2 Å². The quantitative estimate of drug-likeness (QED) is 0.502. The third-order valence-electron chi connectivity index (χ3n) is 4.02. The second-order valence-electron chi connectivity index (χ2n) is 7.04. The van der Waals surface area contributed by atoms with Gasteiger partial charge in [0.25, 0.3) is 0 Å². The lowest BCUT2D eigenvalue weighted by atomic mass is 10.2. The Labute approximate surface area is 171 Å². The molecule has 0 aliphatic rings. The van der Waals surface area contributed by atoms with Gasteiger partial charge in [0.2, 0.25) is 5.91 Å². The molecule has 0 unspecified atom stereocenters. The summed E-state index contributed by atoms with van der Waals surface area (Å²) in [6.07, 6.45) is 0. The van der Waals surface area contributed by atoms with E-state index in [0.29, 0.717) is 24.0 Å². The molecule has 0 atom stereocenters. The fraction of sp³-hybridized carbons (Fsp3) is 0.208. The molecule has 0 fully saturated rings. The zero-order valence-electron chi connectivity index (χ0n) is 16.7. The first-order valence-electron chi connectivity index (χ1n) is 9.68. The van der Waals surface area contributed by atoms with Crippen LogP contribution >= 0.6 is 0 Å². The van der Waals surface area contributed by atoms with Crippen molar-refractivity contribution in [1.82, 2.24) is 0 Å². The lowest BCUT2D eigenvalue weighted by molar-refractivity contribution is -0.114. The average Bonchev–Trinajstić information content (AvgIpc) is 2.73. The van der Waals surface area contributed by atoms with E-state index in [4.69, 9.17) is 9.47 Å². The van der Waals surface area contributed by atoms with Gasteiger partial charge in [-0.2, -0.15) is 0 Å². The molecule has 0 spiro atoms. The summed E-state index contributed by atoms with van der Waals surface area (Å²) in [4.78, 5) is 12.3. The van der Waals surface area contributed by atoms with Crippen LogP contribution in [-0.2, 0) is 4.79 Å². The highest BCUT2D eigenvalue weighted by atomic mass is 16.5. The molecule has 150 valence electrons. The maximum absolute atomic E-state index is 12.3. The molecule has 5 heteroatoms. The van der Waals surface area contributed by atoms with E-state index in [2.05, 4.69) is 24.5 Å². The predicted octanol–water partition coefficient (Wildman–Crippen LogP) is 5.56. The number of nitrogens with one attached hydrogen (secondary N) is 2. The van der Waals surface area contributed by atoms with Crippen LogP contribution in [0.1, 0.15) is 13.8 Å². The SMILES string of the molecule is CC(C)COc1ccccc1NCC(=O)Nc1ccc(Oc2ccccc2)cc1. The molecule has 1 amide bonds.